The standard InChI is InChI=1S/C17H25N3/c1-17(2)8-6-15(7-9-17)20(3)16-5-4-13(11-18)10-14(16)12-19/h4-5,10,15H,6-9,11,18H2,1-3H3. The van der Waals surface area contributed by atoms with Gasteiger partial charge < -0.3 is 10.6 Å². The average molecular weight is 271 g/mol. The van der Waals surface area contributed by atoms with E-state index in [-0.39, 0.29) is 0 Å². The van der Waals surface area contributed by atoms with Crippen molar-refractivity contribution >= 4 is 5.69 Å². The van der Waals surface area contributed by atoms with Crippen LogP contribution in [0.15, 0.2) is 18.2 Å². The first-order valence-corrected chi connectivity index (χ1v) is 7.43. The number of anilines is 1. The predicted octanol–water partition coefficient (Wildman–Crippen LogP) is 3.42. The molecule has 1 aromatic rings. The van der Waals surface area contributed by atoms with Gasteiger partial charge in [0.1, 0.15) is 6.07 Å². The minimum atomic E-state index is 0.471. The SMILES string of the molecule is CN(c1ccc(CN)cc1C#N)C1CCC(C)(C)CC1. The third kappa shape index (κ3) is 3.13. The number of rotatable bonds is 3. The molecule has 1 aliphatic rings. The summed E-state index contributed by atoms with van der Waals surface area (Å²) in [4.78, 5) is 2.29. The van der Waals surface area contributed by atoms with E-state index in [9.17, 15) is 5.26 Å². The summed E-state index contributed by atoms with van der Waals surface area (Å²) < 4.78 is 0. The van der Waals surface area contributed by atoms with E-state index < -0.39 is 0 Å². The van der Waals surface area contributed by atoms with Gasteiger partial charge in [-0.15, -0.1) is 0 Å². The van der Waals surface area contributed by atoms with Crippen LogP contribution in [0.25, 0.3) is 0 Å². The van der Waals surface area contributed by atoms with Gasteiger partial charge in [0.2, 0.25) is 0 Å². The molecule has 1 aromatic carbocycles. The van der Waals surface area contributed by atoms with Crippen LogP contribution in [-0.2, 0) is 6.54 Å². The molecule has 1 aliphatic carbocycles. The molecule has 0 radical (unpaired) electrons. The van der Waals surface area contributed by atoms with Gasteiger partial charge in [0, 0.05) is 19.6 Å². The fraction of sp³-hybridized carbons (Fsp3) is 0.588. The third-order valence-corrected chi connectivity index (χ3v) is 4.65. The minimum Gasteiger partial charge on any atom is -0.371 e. The molecule has 2 N–H and O–H groups in total. The molecule has 0 bridgehead atoms. The van der Waals surface area contributed by atoms with Crippen molar-refractivity contribution in [2.45, 2.75) is 52.1 Å². The second-order valence-electron chi connectivity index (χ2n) is 6.67. The average Bonchev–Trinajstić information content (AvgIpc) is 2.45. The van der Waals surface area contributed by atoms with Crippen LogP contribution >= 0.6 is 0 Å². The van der Waals surface area contributed by atoms with Crippen molar-refractivity contribution in [2.75, 3.05) is 11.9 Å². The summed E-state index contributed by atoms with van der Waals surface area (Å²) in [6.45, 7) is 5.18. The van der Waals surface area contributed by atoms with Gasteiger partial charge in [-0.05, 0) is 48.8 Å². The number of hydrogen-bond donors (Lipinski definition) is 1. The van der Waals surface area contributed by atoms with Crippen LogP contribution < -0.4 is 10.6 Å². The van der Waals surface area contributed by atoms with E-state index in [4.69, 9.17) is 5.73 Å². The zero-order valence-electron chi connectivity index (χ0n) is 12.8. The van der Waals surface area contributed by atoms with Gasteiger partial charge in [0.25, 0.3) is 0 Å². The zero-order valence-corrected chi connectivity index (χ0v) is 12.8. The molecular formula is C17H25N3. The largest absolute Gasteiger partial charge is 0.371 e. The summed E-state index contributed by atoms with van der Waals surface area (Å²) in [6.07, 6.45) is 4.91. The molecule has 108 valence electrons. The molecule has 0 aromatic heterocycles. The maximum Gasteiger partial charge on any atom is 0.101 e. The summed E-state index contributed by atoms with van der Waals surface area (Å²) in [5.74, 6) is 0. The maximum atomic E-state index is 9.35. The lowest BCUT2D eigenvalue weighted by Crippen LogP contribution is -2.37. The van der Waals surface area contributed by atoms with Crippen molar-refractivity contribution in [3.63, 3.8) is 0 Å². The van der Waals surface area contributed by atoms with Crippen molar-refractivity contribution in [1.29, 1.82) is 5.26 Å². The van der Waals surface area contributed by atoms with Crippen LogP contribution in [0.3, 0.4) is 0 Å². The Labute approximate surface area is 122 Å². The first-order chi connectivity index (χ1) is 9.46. The van der Waals surface area contributed by atoms with Crippen LogP contribution in [0.5, 0.6) is 0 Å². The topological polar surface area (TPSA) is 53.0 Å². The fourth-order valence-corrected chi connectivity index (χ4v) is 3.08. The fourth-order valence-electron chi connectivity index (χ4n) is 3.08. The van der Waals surface area contributed by atoms with Crippen molar-refractivity contribution < 1.29 is 0 Å². The number of nitrogens with zero attached hydrogens (tertiary/aromatic N) is 2. The lowest BCUT2D eigenvalue weighted by atomic mass is 9.75. The summed E-state index contributed by atoms with van der Waals surface area (Å²) in [6, 6.07) is 8.83. The zero-order chi connectivity index (χ0) is 14.8. The number of nitrogens with two attached hydrogens (primary N) is 1. The monoisotopic (exact) mass is 271 g/mol. The van der Waals surface area contributed by atoms with Gasteiger partial charge in [-0.3, -0.25) is 0 Å². The molecule has 20 heavy (non-hydrogen) atoms. The minimum absolute atomic E-state index is 0.471. The van der Waals surface area contributed by atoms with E-state index in [0.717, 1.165) is 16.8 Å². The number of hydrogen-bond acceptors (Lipinski definition) is 3. The van der Waals surface area contributed by atoms with Gasteiger partial charge in [-0.1, -0.05) is 19.9 Å². The van der Waals surface area contributed by atoms with E-state index in [1.165, 1.54) is 25.7 Å². The van der Waals surface area contributed by atoms with Gasteiger partial charge >= 0.3 is 0 Å². The molecule has 0 spiro atoms. The van der Waals surface area contributed by atoms with E-state index in [0.29, 0.717) is 18.0 Å². The van der Waals surface area contributed by atoms with Crippen molar-refractivity contribution in [3.05, 3.63) is 29.3 Å². The van der Waals surface area contributed by atoms with Crippen LogP contribution in [0, 0.1) is 16.7 Å². The Balaban J connectivity index is 2.17. The molecule has 0 aliphatic heterocycles. The van der Waals surface area contributed by atoms with Crippen LogP contribution in [0.1, 0.15) is 50.7 Å². The lowest BCUT2D eigenvalue weighted by molar-refractivity contribution is 0.222. The van der Waals surface area contributed by atoms with E-state index in [1.54, 1.807) is 0 Å². The molecule has 3 heteroatoms. The van der Waals surface area contributed by atoms with E-state index >= 15 is 0 Å². The normalized spacial score (nSPS) is 18.6. The first-order valence-electron chi connectivity index (χ1n) is 7.43. The molecule has 0 amide bonds. The summed E-state index contributed by atoms with van der Waals surface area (Å²) in [5, 5.41) is 9.35. The Morgan fingerprint density at radius 1 is 1.35 bits per heavy atom. The molecule has 0 unspecified atom stereocenters. The number of nitriles is 1. The lowest BCUT2D eigenvalue weighted by Gasteiger charge is -2.39. The van der Waals surface area contributed by atoms with E-state index in [2.05, 4.69) is 31.9 Å². The summed E-state index contributed by atoms with van der Waals surface area (Å²) in [5.41, 5.74) is 8.91. The smallest absolute Gasteiger partial charge is 0.101 e. The van der Waals surface area contributed by atoms with Gasteiger partial charge in [-0.2, -0.15) is 5.26 Å². The van der Waals surface area contributed by atoms with Gasteiger partial charge in [0.05, 0.1) is 11.3 Å². The predicted molar refractivity (Wildman–Crippen MR) is 83.5 cm³/mol. The molecule has 3 nitrogen and oxygen atoms in total. The quantitative estimate of drug-likeness (QED) is 0.916. The summed E-state index contributed by atoms with van der Waals surface area (Å²) >= 11 is 0. The maximum absolute atomic E-state index is 9.35. The Bertz CT molecular complexity index is 503. The molecular weight excluding hydrogens is 246 g/mol. The Hall–Kier alpha value is -1.53. The van der Waals surface area contributed by atoms with Gasteiger partial charge in [-0.25, -0.2) is 0 Å². The highest BCUT2D eigenvalue weighted by Crippen LogP contribution is 2.38. The Morgan fingerprint density at radius 2 is 2.00 bits per heavy atom. The second kappa shape index (κ2) is 5.85. The highest BCUT2D eigenvalue weighted by atomic mass is 15.1. The van der Waals surface area contributed by atoms with Crippen molar-refractivity contribution in [3.8, 4) is 6.07 Å². The molecule has 2 rings (SSSR count). The first kappa shape index (κ1) is 14.9. The molecule has 0 saturated heterocycles. The van der Waals surface area contributed by atoms with Crippen LogP contribution in [0.4, 0.5) is 5.69 Å². The Morgan fingerprint density at radius 3 is 2.55 bits per heavy atom. The molecule has 1 fully saturated rings. The Kier molecular flexibility index (Phi) is 4.35. The molecule has 0 heterocycles. The molecule has 0 atom stereocenters. The number of benzene rings is 1. The highest BCUT2D eigenvalue weighted by Gasteiger charge is 2.29. The van der Waals surface area contributed by atoms with Crippen LogP contribution in [0.2, 0.25) is 0 Å². The van der Waals surface area contributed by atoms with Crippen molar-refractivity contribution in [1.82, 2.24) is 0 Å². The van der Waals surface area contributed by atoms with E-state index in [1.807, 2.05) is 18.2 Å². The summed E-state index contributed by atoms with van der Waals surface area (Å²) in [7, 11) is 2.11. The third-order valence-electron chi connectivity index (χ3n) is 4.65. The highest BCUT2D eigenvalue weighted by molar-refractivity contribution is 5.60. The molecule has 1 saturated carbocycles. The van der Waals surface area contributed by atoms with Crippen LogP contribution in [-0.4, -0.2) is 13.1 Å². The van der Waals surface area contributed by atoms with Crippen molar-refractivity contribution in [2.24, 2.45) is 11.1 Å². The van der Waals surface area contributed by atoms with Gasteiger partial charge in [0.15, 0.2) is 0 Å². The second-order valence-corrected chi connectivity index (χ2v) is 6.67.